The van der Waals surface area contributed by atoms with Gasteiger partial charge >= 0.3 is 5.97 Å². The minimum atomic E-state index is -0.745. The Morgan fingerprint density at radius 1 is 0.972 bits per heavy atom. The molecule has 1 aliphatic heterocycles. The molecule has 0 aromatic heterocycles. The van der Waals surface area contributed by atoms with Gasteiger partial charge in [-0.1, -0.05) is 17.7 Å². The first-order valence-corrected chi connectivity index (χ1v) is 11.7. The second-order valence-corrected chi connectivity index (χ2v) is 9.41. The van der Waals surface area contributed by atoms with Crippen LogP contribution in [0.1, 0.15) is 30.6 Å². The molecule has 2 bridgehead atoms. The zero-order chi connectivity index (χ0) is 25.6. The van der Waals surface area contributed by atoms with Crippen molar-refractivity contribution in [2.24, 2.45) is 23.7 Å². The van der Waals surface area contributed by atoms with Crippen molar-refractivity contribution < 1.29 is 28.7 Å². The van der Waals surface area contributed by atoms with Gasteiger partial charge in [-0.15, -0.1) is 0 Å². The lowest BCUT2D eigenvalue weighted by atomic mass is 9.82. The average Bonchev–Trinajstić information content (AvgIpc) is 3.48. The van der Waals surface area contributed by atoms with Gasteiger partial charge in [-0.05, 0) is 67.6 Å². The van der Waals surface area contributed by atoms with Gasteiger partial charge in [0.25, 0.3) is 5.91 Å². The van der Waals surface area contributed by atoms with E-state index in [4.69, 9.17) is 4.74 Å². The minimum Gasteiger partial charge on any atom is -0.452 e. The van der Waals surface area contributed by atoms with E-state index in [0.717, 1.165) is 6.42 Å². The largest absolute Gasteiger partial charge is 0.452 e. The number of ether oxygens (including phenoxy) is 1. The Morgan fingerprint density at radius 2 is 1.64 bits per heavy atom. The summed E-state index contributed by atoms with van der Waals surface area (Å²) in [6, 6.07) is 12.6. The molecule has 0 radical (unpaired) electrons. The predicted molar refractivity (Wildman–Crippen MR) is 131 cm³/mol. The minimum absolute atomic E-state index is 0.0923. The van der Waals surface area contributed by atoms with Crippen LogP contribution in [0.2, 0.25) is 0 Å². The van der Waals surface area contributed by atoms with Crippen LogP contribution >= 0.6 is 0 Å². The number of nitrogens with one attached hydrogen (secondary N) is 2. The first-order chi connectivity index (χ1) is 17.2. The number of imide groups is 1. The number of hydrogen-bond donors (Lipinski definition) is 2. The summed E-state index contributed by atoms with van der Waals surface area (Å²) in [5.41, 5.74) is 2.69. The number of hydrogen-bond acceptors (Lipinski definition) is 6. The van der Waals surface area contributed by atoms with Crippen LogP contribution < -0.4 is 15.5 Å². The molecule has 2 aromatic rings. The molecule has 0 unspecified atom stereocenters. The lowest BCUT2D eigenvalue weighted by Crippen LogP contribution is -2.33. The van der Waals surface area contributed by atoms with Gasteiger partial charge < -0.3 is 15.4 Å². The lowest BCUT2D eigenvalue weighted by molar-refractivity contribution is -0.123. The molecule has 0 spiro atoms. The first kappa shape index (κ1) is 23.5. The van der Waals surface area contributed by atoms with Crippen LogP contribution in [0.15, 0.2) is 60.2 Å². The van der Waals surface area contributed by atoms with Crippen molar-refractivity contribution in [2.75, 3.05) is 22.1 Å². The summed E-state index contributed by atoms with van der Waals surface area (Å²) in [4.78, 5) is 63.4. The van der Waals surface area contributed by atoms with Gasteiger partial charge in [0.2, 0.25) is 17.7 Å². The molecule has 3 aliphatic rings. The summed E-state index contributed by atoms with van der Waals surface area (Å²) in [6.45, 7) is 2.89. The van der Waals surface area contributed by atoms with Crippen LogP contribution in [0.3, 0.4) is 0 Å². The van der Waals surface area contributed by atoms with Crippen molar-refractivity contribution in [1.82, 2.24) is 0 Å². The van der Waals surface area contributed by atoms with Gasteiger partial charge in [-0.3, -0.25) is 19.2 Å². The number of benzene rings is 2. The second-order valence-electron chi connectivity index (χ2n) is 9.41. The molecule has 2 fully saturated rings. The van der Waals surface area contributed by atoms with Crippen LogP contribution in [0, 0.1) is 23.7 Å². The summed E-state index contributed by atoms with van der Waals surface area (Å²) < 4.78 is 5.14. The van der Waals surface area contributed by atoms with E-state index in [2.05, 4.69) is 16.7 Å². The van der Waals surface area contributed by atoms with E-state index in [1.54, 1.807) is 36.4 Å². The molecule has 1 saturated heterocycles. The van der Waals surface area contributed by atoms with Crippen LogP contribution in [-0.2, 0) is 23.9 Å². The maximum Gasteiger partial charge on any atom is 0.338 e. The van der Waals surface area contributed by atoms with E-state index in [9.17, 15) is 24.0 Å². The highest BCUT2D eigenvalue weighted by molar-refractivity contribution is 6.23. The molecule has 9 heteroatoms. The number of fused-ring (bicyclic) bond motifs is 5. The highest BCUT2D eigenvalue weighted by atomic mass is 16.5. The van der Waals surface area contributed by atoms with Crippen LogP contribution in [0.5, 0.6) is 0 Å². The van der Waals surface area contributed by atoms with Gasteiger partial charge in [-0.25, -0.2) is 9.69 Å². The molecule has 1 saturated carbocycles. The van der Waals surface area contributed by atoms with Crippen LogP contribution in [-0.4, -0.2) is 36.2 Å². The number of rotatable bonds is 6. The molecule has 4 amide bonds. The highest BCUT2D eigenvalue weighted by Crippen LogP contribution is 2.55. The molecule has 2 aromatic carbocycles. The monoisotopic (exact) mass is 487 g/mol. The third kappa shape index (κ3) is 4.17. The fourth-order valence-corrected chi connectivity index (χ4v) is 5.55. The van der Waals surface area contributed by atoms with Crippen LogP contribution in [0.25, 0.3) is 0 Å². The smallest absolute Gasteiger partial charge is 0.338 e. The Hall–Kier alpha value is -4.27. The van der Waals surface area contributed by atoms with Crippen molar-refractivity contribution in [3.8, 4) is 0 Å². The Bertz CT molecular complexity index is 1320. The lowest BCUT2D eigenvalue weighted by Gasteiger charge is -2.19. The molecule has 5 rings (SSSR count). The third-order valence-electron chi connectivity index (χ3n) is 7.04. The summed E-state index contributed by atoms with van der Waals surface area (Å²) in [7, 11) is 0. The second kappa shape index (κ2) is 9.07. The average molecular weight is 488 g/mol. The van der Waals surface area contributed by atoms with Crippen molar-refractivity contribution in [1.29, 1.82) is 0 Å². The number of carbonyl (C=O) groups excluding carboxylic acids is 5. The Balaban J connectivity index is 1.20. The molecule has 2 N–H and O–H groups in total. The molecular weight excluding hydrogens is 462 g/mol. The molecule has 184 valence electrons. The van der Waals surface area contributed by atoms with E-state index >= 15 is 0 Å². The first-order valence-electron chi connectivity index (χ1n) is 11.7. The summed E-state index contributed by atoms with van der Waals surface area (Å²) in [5.74, 6) is -2.41. The zero-order valence-corrected chi connectivity index (χ0v) is 19.8. The topological polar surface area (TPSA) is 122 Å². The Kier molecular flexibility index (Phi) is 5.91. The zero-order valence-electron chi connectivity index (χ0n) is 19.8. The summed E-state index contributed by atoms with van der Waals surface area (Å²) in [6.07, 6.45) is 2.96. The number of allylic oxidation sites excluding steroid dienone is 2. The number of nitrogens with zero attached hydrogens (tertiary/aromatic N) is 1. The summed E-state index contributed by atoms with van der Waals surface area (Å²) >= 11 is 0. The molecule has 4 atom stereocenters. The van der Waals surface area contributed by atoms with E-state index in [1.165, 1.54) is 29.5 Å². The number of esters is 1. The van der Waals surface area contributed by atoms with E-state index in [-0.39, 0.29) is 47.0 Å². The Labute approximate surface area is 207 Å². The van der Waals surface area contributed by atoms with E-state index < -0.39 is 18.5 Å². The quantitative estimate of drug-likeness (QED) is 0.367. The fraction of sp³-hybridized carbons (Fsp3) is 0.296. The maximum atomic E-state index is 13.2. The fourth-order valence-electron chi connectivity index (χ4n) is 5.55. The molecular formula is C27H25N3O6. The number of amides is 4. The maximum absolute atomic E-state index is 13.2. The Morgan fingerprint density at radius 3 is 2.33 bits per heavy atom. The number of anilines is 3. The van der Waals surface area contributed by atoms with Gasteiger partial charge in [-0.2, -0.15) is 0 Å². The SMILES string of the molecule is CC(=O)Nc1ccc(NC(=O)COC(=O)c2cccc(N3C(=O)[C@@H]4[C@@H](C3=O)[C@H]3C=C(C)[C@H]4C3)c2)cc1. The van der Waals surface area contributed by atoms with Gasteiger partial charge in [0.05, 0.1) is 23.1 Å². The van der Waals surface area contributed by atoms with Crippen molar-refractivity contribution in [3.05, 3.63) is 65.7 Å². The van der Waals surface area contributed by atoms with Crippen molar-refractivity contribution >= 4 is 46.7 Å². The van der Waals surface area contributed by atoms with E-state index in [0.29, 0.717) is 17.1 Å². The van der Waals surface area contributed by atoms with Crippen molar-refractivity contribution in [2.45, 2.75) is 20.3 Å². The van der Waals surface area contributed by atoms with Gasteiger partial charge in [0, 0.05) is 18.3 Å². The van der Waals surface area contributed by atoms with Crippen LogP contribution in [0.4, 0.5) is 17.1 Å². The molecule has 36 heavy (non-hydrogen) atoms. The standard InChI is InChI=1S/C27H25N3O6/c1-14-10-17-12-21(14)24-23(17)25(33)30(26(24)34)20-5-3-4-16(11-20)27(35)36-13-22(32)29-19-8-6-18(7-9-19)28-15(2)31/h3-11,17,21,23-24H,12-13H2,1-2H3,(H,28,31)(H,29,32)/t17-,21+,23-,24-/m0/s1. The number of carbonyl (C=O) groups is 5. The summed E-state index contributed by atoms with van der Waals surface area (Å²) in [5, 5.41) is 5.23. The third-order valence-corrected chi connectivity index (χ3v) is 7.04. The van der Waals surface area contributed by atoms with Gasteiger partial charge in [0.1, 0.15) is 0 Å². The molecule has 2 aliphatic carbocycles. The van der Waals surface area contributed by atoms with Crippen molar-refractivity contribution in [3.63, 3.8) is 0 Å². The van der Waals surface area contributed by atoms with E-state index in [1.807, 2.05) is 6.92 Å². The normalized spacial score (nSPS) is 23.8. The molecule has 1 heterocycles. The highest BCUT2D eigenvalue weighted by Gasteiger charge is 2.60. The predicted octanol–water partition coefficient (Wildman–Crippen LogP) is 3.14. The molecule has 9 nitrogen and oxygen atoms in total. The van der Waals surface area contributed by atoms with Gasteiger partial charge in [0.15, 0.2) is 6.61 Å².